The number of carbonyl (C=O) groups is 1. The first-order valence-electron chi connectivity index (χ1n) is 6.16. The smallest absolute Gasteiger partial charge is 0.404 e. The molecule has 18 heavy (non-hydrogen) atoms. The van der Waals surface area contributed by atoms with Gasteiger partial charge in [-0.15, -0.1) is 11.6 Å². The Morgan fingerprint density at radius 2 is 1.39 bits per heavy atom. The lowest BCUT2D eigenvalue weighted by Crippen LogP contribution is -2.34. The summed E-state index contributed by atoms with van der Waals surface area (Å²) in [6.07, 6.45) is 6.23. The summed E-state index contributed by atoms with van der Waals surface area (Å²) in [5.74, 6) is 0. The van der Waals surface area contributed by atoms with E-state index in [-0.39, 0.29) is 6.04 Å². The Morgan fingerprint density at radius 1 is 1.00 bits per heavy atom. The molecule has 2 N–H and O–H groups in total. The van der Waals surface area contributed by atoms with E-state index in [0.717, 1.165) is 12.8 Å². The normalized spacial score (nSPS) is 14.3. The number of alkyl halides is 1. The minimum atomic E-state index is -0.882. The van der Waals surface area contributed by atoms with Crippen LogP contribution in [0.2, 0.25) is 0 Å². The molecule has 0 atom stereocenters. The largest absolute Gasteiger partial charge is 0.465 e. The molecule has 4 heteroatoms. The van der Waals surface area contributed by atoms with Crippen LogP contribution in [-0.4, -0.2) is 23.6 Å². The maximum absolute atomic E-state index is 10.2. The van der Waals surface area contributed by atoms with E-state index in [9.17, 15) is 4.79 Å². The number of benzene rings is 1. The second-order valence-electron chi connectivity index (χ2n) is 3.94. The van der Waals surface area contributed by atoms with E-state index in [1.54, 1.807) is 0 Å². The van der Waals surface area contributed by atoms with Crippen LogP contribution >= 0.6 is 11.6 Å². The number of hydrogen-bond donors (Lipinski definition) is 2. The summed E-state index contributed by atoms with van der Waals surface area (Å²) in [6.45, 7) is 0. The summed E-state index contributed by atoms with van der Waals surface area (Å²) in [7, 11) is 0. The molecular formula is C14H22ClNO2. The van der Waals surface area contributed by atoms with Gasteiger partial charge in [-0.25, -0.2) is 4.79 Å². The fourth-order valence-corrected chi connectivity index (χ4v) is 1.81. The SMILES string of the molecule is CCl.O=C(O)NC1CCCCC1.c1ccccc1. The Labute approximate surface area is 114 Å². The predicted molar refractivity (Wildman–Crippen MR) is 76.3 cm³/mol. The topological polar surface area (TPSA) is 49.3 Å². The second-order valence-corrected chi connectivity index (χ2v) is 3.94. The zero-order valence-electron chi connectivity index (χ0n) is 10.8. The number of halogens is 1. The lowest BCUT2D eigenvalue weighted by atomic mass is 9.96. The van der Waals surface area contributed by atoms with Crippen LogP contribution < -0.4 is 5.32 Å². The van der Waals surface area contributed by atoms with Crippen molar-refractivity contribution in [3.05, 3.63) is 36.4 Å². The Hall–Kier alpha value is -1.22. The molecule has 1 aliphatic carbocycles. The lowest BCUT2D eigenvalue weighted by Gasteiger charge is -2.20. The van der Waals surface area contributed by atoms with Gasteiger partial charge in [-0.3, -0.25) is 0 Å². The van der Waals surface area contributed by atoms with Gasteiger partial charge in [-0.05, 0) is 12.8 Å². The predicted octanol–water partition coefficient (Wildman–Crippen LogP) is 4.13. The van der Waals surface area contributed by atoms with E-state index in [4.69, 9.17) is 5.11 Å². The van der Waals surface area contributed by atoms with E-state index in [2.05, 4.69) is 16.9 Å². The summed E-state index contributed by atoms with van der Waals surface area (Å²) < 4.78 is 0. The van der Waals surface area contributed by atoms with Gasteiger partial charge in [0.25, 0.3) is 0 Å². The molecule has 0 saturated heterocycles. The Bertz CT molecular complexity index is 260. The van der Waals surface area contributed by atoms with Crippen molar-refractivity contribution < 1.29 is 9.90 Å². The van der Waals surface area contributed by atoms with Crippen LogP contribution in [0.1, 0.15) is 32.1 Å². The third-order valence-corrected chi connectivity index (χ3v) is 2.60. The summed E-state index contributed by atoms with van der Waals surface area (Å²) in [4.78, 5) is 10.2. The molecule has 2 rings (SSSR count). The van der Waals surface area contributed by atoms with Crippen molar-refractivity contribution in [2.24, 2.45) is 0 Å². The molecule has 0 radical (unpaired) electrons. The first-order chi connectivity index (χ1) is 8.79. The van der Waals surface area contributed by atoms with Crippen LogP contribution in [0.15, 0.2) is 36.4 Å². The molecule has 1 aromatic rings. The molecule has 0 spiro atoms. The summed E-state index contributed by atoms with van der Waals surface area (Å²) in [5, 5.41) is 10.9. The highest BCUT2D eigenvalue weighted by molar-refractivity contribution is 6.15. The van der Waals surface area contributed by atoms with Gasteiger partial charge in [0.05, 0.1) is 0 Å². The first-order valence-corrected chi connectivity index (χ1v) is 6.92. The number of carboxylic acid groups (broad SMARTS) is 1. The third-order valence-electron chi connectivity index (χ3n) is 2.60. The maximum atomic E-state index is 10.2. The van der Waals surface area contributed by atoms with E-state index >= 15 is 0 Å². The number of rotatable bonds is 1. The summed E-state index contributed by atoms with van der Waals surface area (Å²) in [6, 6.07) is 12.2. The highest BCUT2D eigenvalue weighted by Gasteiger charge is 2.14. The van der Waals surface area contributed by atoms with Crippen molar-refractivity contribution >= 4 is 17.7 Å². The minimum Gasteiger partial charge on any atom is -0.465 e. The summed E-state index contributed by atoms with van der Waals surface area (Å²) >= 11 is 4.64. The molecular weight excluding hydrogens is 250 g/mol. The summed E-state index contributed by atoms with van der Waals surface area (Å²) in [5.41, 5.74) is 0. The van der Waals surface area contributed by atoms with Crippen LogP contribution in [0.25, 0.3) is 0 Å². The van der Waals surface area contributed by atoms with Crippen molar-refractivity contribution in [3.63, 3.8) is 0 Å². The second kappa shape index (κ2) is 12.2. The van der Waals surface area contributed by atoms with Crippen molar-refractivity contribution in [1.82, 2.24) is 5.32 Å². The van der Waals surface area contributed by atoms with E-state index < -0.39 is 6.09 Å². The van der Waals surface area contributed by atoms with E-state index in [1.165, 1.54) is 25.6 Å². The minimum absolute atomic E-state index is 0.228. The Balaban J connectivity index is 0.000000308. The average Bonchev–Trinajstić information content (AvgIpc) is 2.44. The van der Waals surface area contributed by atoms with Crippen LogP contribution in [0, 0.1) is 0 Å². The molecule has 1 fully saturated rings. The highest BCUT2D eigenvalue weighted by atomic mass is 35.5. The number of hydrogen-bond acceptors (Lipinski definition) is 1. The standard InChI is InChI=1S/C7H13NO2.C6H6.CH3Cl/c9-7(10)8-6-4-2-1-3-5-6;1-2-4-6-5-3-1;1-2/h6,8H,1-5H2,(H,9,10);1-6H;1H3. The van der Waals surface area contributed by atoms with Crippen molar-refractivity contribution in [2.45, 2.75) is 38.1 Å². The van der Waals surface area contributed by atoms with Crippen molar-refractivity contribution in [2.75, 3.05) is 6.38 Å². The lowest BCUT2D eigenvalue weighted by molar-refractivity contribution is 0.186. The van der Waals surface area contributed by atoms with Crippen LogP contribution in [0.3, 0.4) is 0 Å². The quantitative estimate of drug-likeness (QED) is 0.755. The van der Waals surface area contributed by atoms with Gasteiger partial charge in [0, 0.05) is 12.4 Å². The average molecular weight is 272 g/mol. The van der Waals surface area contributed by atoms with Gasteiger partial charge in [-0.2, -0.15) is 0 Å². The van der Waals surface area contributed by atoms with Crippen LogP contribution in [0.5, 0.6) is 0 Å². The molecule has 1 aromatic carbocycles. The molecule has 102 valence electrons. The maximum Gasteiger partial charge on any atom is 0.404 e. The monoisotopic (exact) mass is 271 g/mol. The fourth-order valence-electron chi connectivity index (χ4n) is 1.81. The molecule has 0 unspecified atom stereocenters. The van der Waals surface area contributed by atoms with Gasteiger partial charge in [-0.1, -0.05) is 55.7 Å². The molecule has 1 aliphatic rings. The molecule has 0 heterocycles. The number of nitrogens with one attached hydrogen (secondary N) is 1. The van der Waals surface area contributed by atoms with Crippen molar-refractivity contribution in [1.29, 1.82) is 0 Å². The molecule has 1 saturated carbocycles. The fraction of sp³-hybridized carbons (Fsp3) is 0.500. The van der Waals surface area contributed by atoms with Crippen LogP contribution in [-0.2, 0) is 0 Å². The molecule has 0 aromatic heterocycles. The zero-order valence-corrected chi connectivity index (χ0v) is 11.6. The van der Waals surface area contributed by atoms with Gasteiger partial charge in [0.1, 0.15) is 0 Å². The Kier molecular flexibility index (Phi) is 11.4. The van der Waals surface area contributed by atoms with Gasteiger partial charge < -0.3 is 10.4 Å². The van der Waals surface area contributed by atoms with Gasteiger partial charge >= 0.3 is 6.09 Å². The van der Waals surface area contributed by atoms with Crippen LogP contribution in [0.4, 0.5) is 4.79 Å². The first kappa shape index (κ1) is 16.8. The van der Waals surface area contributed by atoms with Crippen molar-refractivity contribution in [3.8, 4) is 0 Å². The molecule has 0 aliphatic heterocycles. The Morgan fingerprint density at radius 3 is 1.72 bits per heavy atom. The van der Waals surface area contributed by atoms with Gasteiger partial charge in [0.2, 0.25) is 0 Å². The highest BCUT2D eigenvalue weighted by Crippen LogP contribution is 2.16. The molecule has 3 nitrogen and oxygen atoms in total. The zero-order chi connectivity index (χ0) is 13.6. The van der Waals surface area contributed by atoms with E-state index in [1.807, 2.05) is 36.4 Å². The molecule has 0 bridgehead atoms. The third kappa shape index (κ3) is 9.97. The molecule has 1 amide bonds. The van der Waals surface area contributed by atoms with E-state index in [0.29, 0.717) is 0 Å². The van der Waals surface area contributed by atoms with Gasteiger partial charge in [0.15, 0.2) is 0 Å². The number of amides is 1.